The van der Waals surface area contributed by atoms with Gasteiger partial charge < -0.3 is 10.8 Å². The summed E-state index contributed by atoms with van der Waals surface area (Å²) in [6, 6.07) is 5.99. The summed E-state index contributed by atoms with van der Waals surface area (Å²) in [7, 11) is -4.02. The van der Waals surface area contributed by atoms with Gasteiger partial charge in [-0.15, -0.1) is 0 Å². The lowest BCUT2D eigenvalue weighted by Gasteiger charge is -1.95. The number of rotatable bonds is 3. The molecule has 0 spiro atoms. The van der Waals surface area contributed by atoms with Crippen LogP contribution in [0.1, 0.15) is 5.56 Å². The average Bonchev–Trinajstić information content (AvgIpc) is 2.26. The molecule has 6 heteroatoms. The van der Waals surface area contributed by atoms with Crippen molar-refractivity contribution in [3.8, 4) is 0 Å². The summed E-state index contributed by atoms with van der Waals surface area (Å²) < 4.78 is 29.6. The molecule has 1 rings (SSSR count). The van der Waals surface area contributed by atoms with Gasteiger partial charge in [-0.25, -0.2) is 0 Å². The fourth-order valence-electron chi connectivity index (χ4n) is 0.881. The Bertz CT molecular complexity index is 431. The molecule has 96 valence electrons. The maximum absolute atomic E-state index is 10.5. The van der Waals surface area contributed by atoms with Crippen molar-refractivity contribution in [2.75, 3.05) is 13.2 Å². The fraction of sp³-hybridized carbons (Fsp3) is 0.273. The monoisotopic (exact) mass is 259 g/mol. The Morgan fingerprint density at radius 3 is 2.06 bits per heavy atom. The predicted molar refractivity (Wildman–Crippen MR) is 66.3 cm³/mol. The van der Waals surface area contributed by atoms with Gasteiger partial charge in [0.25, 0.3) is 10.1 Å². The van der Waals surface area contributed by atoms with Crippen molar-refractivity contribution in [1.29, 1.82) is 0 Å². The lowest BCUT2D eigenvalue weighted by molar-refractivity contribution is 0.342. The minimum Gasteiger partial charge on any atom is -0.392 e. The highest BCUT2D eigenvalue weighted by atomic mass is 32.2. The second-order valence-corrected chi connectivity index (χ2v) is 4.60. The van der Waals surface area contributed by atoms with Crippen molar-refractivity contribution in [1.82, 2.24) is 0 Å². The molecule has 0 unspecified atom stereocenters. The second kappa shape index (κ2) is 7.97. The van der Waals surface area contributed by atoms with E-state index in [4.69, 9.17) is 15.4 Å². The number of nitrogens with two attached hydrogens (primary N) is 1. The van der Waals surface area contributed by atoms with Gasteiger partial charge in [-0.05, 0) is 19.1 Å². The molecule has 4 N–H and O–H groups in total. The first-order valence-corrected chi connectivity index (χ1v) is 6.36. The molecule has 1 aromatic carbocycles. The Hall–Kier alpha value is -1.21. The molecule has 0 bridgehead atoms. The van der Waals surface area contributed by atoms with Crippen molar-refractivity contribution in [3.05, 3.63) is 42.0 Å². The Labute approximate surface area is 101 Å². The maximum Gasteiger partial charge on any atom is 0.294 e. The molecule has 1 aromatic rings. The molecule has 0 radical (unpaired) electrons. The first-order valence-electron chi connectivity index (χ1n) is 4.92. The smallest absolute Gasteiger partial charge is 0.294 e. The number of aryl methyl sites for hydroxylation is 1. The summed E-state index contributed by atoms with van der Waals surface area (Å²) >= 11 is 0. The van der Waals surface area contributed by atoms with Crippen LogP contribution in [0.3, 0.4) is 0 Å². The van der Waals surface area contributed by atoms with E-state index in [0.29, 0.717) is 6.54 Å². The van der Waals surface area contributed by atoms with Gasteiger partial charge in [0.05, 0.1) is 11.5 Å². The molecular weight excluding hydrogens is 242 g/mol. The van der Waals surface area contributed by atoms with E-state index in [9.17, 15) is 8.42 Å². The molecule has 17 heavy (non-hydrogen) atoms. The van der Waals surface area contributed by atoms with Crippen LogP contribution in [-0.4, -0.2) is 31.2 Å². The van der Waals surface area contributed by atoms with Gasteiger partial charge in [0.1, 0.15) is 0 Å². The van der Waals surface area contributed by atoms with Gasteiger partial charge in [-0.3, -0.25) is 4.55 Å². The molecule has 0 aliphatic carbocycles. The molecule has 0 saturated heterocycles. The lowest BCUT2D eigenvalue weighted by Crippen LogP contribution is -1.96. The van der Waals surface area contributed by atoms with E-state index in [0.717, 1.165) is 5.56 Å². The van der Waals surface area contributed by atoms with Gasteiger partial charge in [0.2, 0.25) is 0 Å². The molecule has 0 aliphatic rings. The van der Waals surface area contributed by atoms with E-state index in [2.05, 4.69) is 0 Å². The molecule has 0 aliphatic heterocycles. The number of aliphatic hydroxyl groups excluding tert-OH is 1. The Balaban J connectivity index is 0.000000366. The van der Waals surface area contributed by atoms with E-state index in [1.54, 1.807) is 24.3 Å². The van der Waals surface area contributed by atoms with Gasteiger partial charge in [-0.1, -0.05) is 29.8 Å². The van der Waals surface area contributed by atoms with Crippen LogP contribution in [-0.2, 0) is 10.1 Å². The van der Waals surface area contributed by atoms with Gasteiger partial charge in [0, 0.05) is 6.54 Å². The van der Waals surface area contributed by atoms with Crippen molar-refractivity contribution < 1.29 is 18.1 Å². The number of hydrogen-bond acceptors (Lipinski definition) is 4. The van der Waals surface area contributed by atoms with Crippen molar-refractivity contribution in [2.24, 2.45) is 5.73 Å². The van der Waals surface area contributed by atoms with Crippen LogP contribution in [0.2, 0.25) is 0 Å². The van der Waals surface area contributed by atoms with Crippen LogP contribution >= 0.6 is 0 Å². The molecule has 5 nitrogen and oxygen atoms in total. The lowest BCUT2D eigenvalue weighted by atomic mass is 10.2. The minimum atomic E-state index is -4.02. The Morgan fingerprint density at radius 1 is 1.24 bits per heavy atom. The van der Waals surface area contributed by atoms with Crippen LogP contribution in [0, 0.1) is 6.92 Å². The Morgan fingerprint density at radius 2 is 1.76 bits per heavy atom. The molecule has 0 fully saturated rings. The molecule has 0 saturated carbocycles. The van der Waals surface area contributed by atoms with Crippen molar-refractivity contribution in [2.45, 2.75) is 11.8 Å². The molecule has 0 aromatic heterocycles. The summed E-state index contributed by atoms with van der Waals surface area (Å²) in [5.74, 6) is 0. The van der Waals surface area contributed by atoms with Gasteiger partial charge in [0.15, 0.2) is 0 Å². The van der Waals surface area contributed by atoms with E-state index in [1.807, 2.05) is 6.92 Å². The maximum atomic E-state index is 10.5. The normalized spacial score (nSPS) is 11.1. The second-order valence-electron chi connectivity index (χ2n) is 3.18. The van der Waals surface area contributed by atoms with Crippen LogP contribution in [0.4, 0.5) is 0 Å². The first-order chi connectivity index (χ1) is 7.91. The third-order valence-electron chi connectivity index (χ3n) is 1.73. The summed E-state index contributed by atoms with van der Waals surface area (Å²) in [4.78, 5) is -0.0666. The van der Waals surface area contributed by atoms with E-state index < -0.39 is 10.1 Å². The summed E-state index contributed by atoms with van der Waals surface area (Å²) in [6.07, 6.45) is 3.32. The Kier molecular flexibility index (Phi) is 7.40. The quantitative estimate of drug-likeness (QED) is 0.549. The molecule has 0 atom stereocenters. The minimum absolute atomic E-state index is 0.0666. The molecule has 0 heterocycles. The standard InChI is InChI=1S/C7H8O3S.C4H9NO/c1-6-2-4-7(5-3-6)11(8,9)10;5-3-1-2-4-6/h2-5H,1H3,(H,8,9,10);1-2,6H,3-5H2/b;2-1-. The highest BCUT2D eigenvalue weighted by Crippen LogP contribution is 2.08. The zero-order valence-electron chi connectivity index (χ0n) is 9.57. The van der Waals surface area contributed by atoms with Crippen LogP contribution in [0.5, 0.6) is 0 Å². The number of aliphatic hydroxyl groups is 1. The summed E-state index contributed by atoms with van der Waals surface area (Å²) in [5, 5.41) is 8.06. The topological polar surface area (TPSA) is 101 Å². The number of benzene rings is 1. The summed E-state index contributed by atoms with van der Waals surface area (Å²) in [5.41, 5.74) is 5.97. The van der Waals surface area contributed by atoms with E-state index >= 15 is 0 Å². The highest BCUT2D eigenvalue weighted by Gasteiger charge is 2.06. The molecular formula is C11H17NO4S. The van der Waals surface area contributed by atoms with Crippen LogP contribution in [0.15, 0.2) is 41.3 Å². The highest BCUT2D eigenvalue weighted by molar-refractivity contribution is 7.85. The predicted octanol–water partition coefficient (Wildman–Crippen LogP) is 0.735. The third kappa shape index (κ3) is 7.64. The fourth-order valence-corrected chi connectivity index (χ4v) is 1.36. The zero-order valence-corrected chi connectivity index (χ0v) is 10.4. The van der Waals surface area contributed by atoms with Crippen molar-refractivity contribution >= 4 is 10.1 Å². The van der Waals surface area contributed by atoms with E-state index in [1.165, 1.54) is 12.1 Å². The van der Waals surface area contributed by atoms with Gasteiger partial charge in [-0.2, -0.15) is 8.42 Å². The third-order valence-corrected chi connectivity index (χ3v) is 2.59. The van der Waals surface area contributed by atoms with Gasteiger partial charge >= 0.3 is 0 Å². The first kappa shape index (κ1) is 15.8. The molecule has 0 amide bonds. The number of hydrogen-bond donors (Lipinski definition) is 3. The largest absolute Gasteiger partial charge is 0.392 e. The van der Waals surface area contributed by atoms with Crippen LogP contribution in [0.25, 0.3) is 0 Å². The SMILES string of the molecule is Cc1ccc(S(=O)(=O)O)cc1.NC/C=C\CO. The summed E-state index contributed by atoms with van der Waals surface area (Å²) in [6.45, 7) is 2.45. The zero-order chi connectivity index (χ0) is 13.3. The van der Waals surface area contributed by atoms with E-state index in [-0.39, 0.29) is 11.5 Å². The van der Waals surface area contributed by atoms with Crippen molar-refractivity contribution in [3.63, 3.8) is 0 Å². The average molecular weight is 259 g/mol. The van der Waals surface area contributed by atoms with Crippen LogP contribution < -0.4 is 5.73 Å².